The second-order valence-electron chi connectivity index (χ2n) is 6.08. The summed E-state index contributed by atoms with van der Waals surface area (Å²) >= 11 is 0. The Morgan fingerprint density at radius 1 is 0.960 bits per heavy atom. The van der Waals surface area contributed by atoms with E-state index in [2.05, 4.69) is 13.8 Å². The van der Waals surface area contributed by atoms with Crippen molar-refractivity contribution in [2.24, 2.45) is 0 Å². The van der Waals surface area contributed by atoms with Gasteiger partial charge in [0.1, 0.15) is 11.5 Å². The van der Waals surface area contributed by atoms with Gasteiger partial charge in [0.2, 0.25) is 0 Å². The SMILES string of the molecule is CCCOc1ccc(PC(=O)c2c(C)cccc2C)c(OCCC)c1. The summed E-state index contributed by atoms with van der Waals surface area (Å²) in [5.41, 5.74) is 3.03. The molecule has 4 heteroatoms. The molecule has 3 nitrogen and oxygen atoms in total. The minimum Gasteiger partial charge on any atom is -0.493 e. The third-order valence-electron chi connectivity index (χ3n) is 3.84. The molecule has 1 unspecified atom stereocenters. The van der Waals surface area contributed by atoms with Crippen LogP contribution in [0.3, 0.4) is 0 Å². The third-order valence-corrected chi connectivity index (χ3v) is 5.00. The monoisotopic (exact) mass is 358 g/mol. The van der Waals surface area contributed by atoms with Crippen LogP contribution < -0.4 is 14.8 Å². The van der Waals surface area contributed by atoms with Gasteiger partial charge in [-0.05, 0) is 58.5 Å². The van der Waals surface area contributed by atoms with Crippen LogP contribution in [0.1, 0.15) is 48.2 Å². The molecular weight excluding hydrogens is 331 g/mol. The van der Waals surface area contributed by atoms with Crippen LogP contribution in [0.5, 0.6) is 11.5 Å². The van der Waals surface area contributed by atoms with Gasteiger partial charge < -0.3 is 9.47 Å². The van der Waals surface area contributed by atoms with E-state index in [1.807, 2.05) is 50.2 Å². The van der Waals surface area contributed by atoms with Crippen molar-refractivity contribution in [2.75, 3.05) is 13.2 Å². The molecule has 0 N–H and O–H groups in total. The standard InChI is InChI=1S/C21H27O3P/c1-5-12-23-17-10-11-19(18(14-17)24-13-6-2)25-21(22)20-15(3)8-7-9-16(20)4/h7-11,14,25H,5-6,12-13H2,1-4H3. The summed E-state index contributed by atoms with van der Waals surface area (Å²) in [6.45, 7) is 9.43. The van der Waals surface area contributed by atoms with Gasteiger partial charge in [-0.1, -0.05) is 32.0 Å². The van der Waals surface area contributed by atoms with E-state index in [1.54, 1.807) is 0 Å². The van der Waals surface area contributed by atoms with E-state index < -0.39 is 0 Å². The molecule has 1 atom stereocenters. The summed E-state index contributed by atoms with van der Waals surface area (Å²) in [6.07, 6.45) is 1.88. The predicted octanol–water partition coefficient (Wildman–Crippen LogP) is 5.03. The molecule has 0 saturated heterocycles. The molecule has 0 spiro atoms. The Kier molecular flexibility index (Phi) is 7.46. The van der Waals surface area contributed by atoms with Crippen molar-refractivity contribution in [2.45, 2.75) is 40.5 Å². The zero-order valence-corrected chi connectivity index (χ0v) is 16.5. The van der Waals surface area contributed by atoms with Crippen LogP contribution in [0.15, 0.2) is 36.4 Å². The summed E-state index contributed by atoms with van der Waals surface area (Å²) < 4.78 is 11.6. The first-order valence-electron chi connectivity index (χ1n) is 8.84. The number of hydrogen-bond donors (Lipinski definition) is 0. The summed E-state index contributed by atoms with van der Waals surface area (Å²) in [4.78, 5) is 12.9. The van der Waals surface area contributed by atoms with Crippen molar-refractivity contribution in [3.05, 3.63) is 53.1 Å². The second-order valence-corrected chi connectivity index (χ2v) is 7.32. The van der Waals surface area contributed by atoms with Crippen molar-refractivity contribution >= 4 is 19.4 Å². The molecule has 0 aliphatic heterocycles. The highest BCUT2D eigenvalue weighted by Gasteiger charge is 2.16. The molecular formula is C21H27O3P. The molecule has 0 aromatic heterocycles. The minimum absolute atomic E-state index is 0.0378. The zero-order valence-electron chi connectivity index (χ0n) is 15.5. The molecule has 2 aromatic carbocycles. The molecule has 0 bridgehead atoms. The van der Waals surface area contributed by atoms with E-state index in [1.165, 1.54) is 0 Å². The lowest BCUT2D eigenvalue weighted by Crippen LogP contribution is -2.10. The number of carbonyl (C=O) groups excluding carboxylic acids is 1. The first kappa shape index (κ1) is 19.5. The number of hydrogen-bond acceptors (Lipinski definition) is 3. The molecule has 0 aliphatic rings. The second kappa shape index (κ2) is 9.58. The molecule has 134 valence electrons. The van der Waals surface area contributed by atoms with E-state index in [4.69, 9.17) is 9.47 Å². The highest BCUT2D eigenvalue weighted by molar-refractivity contribution is 7.66. The molecule has 25 heavy (non-hydrogen) atoms. The molecule has 0 heterocycles. The Balaban J connectivity index is 2.26. The van der Waals surface area contributed by atoms with E-state index in [0.717, 1.165) is 46.3 Å². The average Bonchev–Trinajstić information content (AvgIpc) is 2.59. The fourth-order valence-corrected chi connectivity index (χ4v) is 3.80. The van der Waals surface area contributed by atoms with Gasteiger partial charge in [0.05, 0.1) is 13.2 Å². The Morgan fingerprint density at radius 2 is 1.60 bits per heavy atom. The van der Waals surface area contributed by atoms with Crippen LogP contribution >= 0.6 is 8.58 Å². The van der Waals surface area contributed by atoms with Gasteiger partial charge in [-0.25, -0.2) is 0 Å². The van der Waals surface area contributed by atoms with Gasteiger partial charge >= 0.3 is 0 Å². The maximum Gasteiger partial charge on any atom is 0.186 e. The lowest BCUT2D eigenvalue weighted by Gasteiger charge is -2.14. The zero-order chi connectivity index (χ0) is 18.2. The van der Waals surface area contributed by atoms with Crippen LogP contribution in [-0.4, -0.2) is 18.7 Å². The Labute approximate surface area is 152 Å². The maximum atomic E-state index is 12.9. The quantitative estimate of drug-likeness (QED) is 0.590. The number of carbonyl (C=O) groups is 1. The lowest BCUT2D eigenvalue weighted by atomic mass is 10.0. The first-order valence-corrected chi connectivity index (χ1v) is 9.84. The lowest BCUT2D eigenvalue weighted by molar-refractivity contribution is 0.108. The normalized spacial score (nSPS) is 11.0. The Bertz CT molecular complexity index is 705. The molecule has 2 rings (SSSR count). The van der Waals surface area contributed by atoms with Gasteiger partial charge in [-0.2, -0.15) is 0 Å². The Hall–Kier alpha value is -1.86. The minimum atomic E-state index is 0.0378. The number of benzene rings is 2. The van der Waals surface area contributed by atoms with E-state index in [-0.39, 0.29) is 14.1 Å². The van der Waals surface area contributed by atoms with Crippen LogP contribution in [0.4, 0.5) is 0 Å². The summed E-state index contributed by atoms with van der Waals surface area (Å²) in [6, 6.07) is 11.8. The average molecular weight is 358 g/mol. The highest BCUT2D eigenvalue weighted by Crippen LogP contribution is 2.29. The molecule has 2 aromatic rings. The molecule has 0 saturated carbocycles. The molecule has 0 radical (unpaired) electrons. The van der Waals surface area contributed by atoms with Crippen molar-refractivity contribution < 1.29 is 14.3 Å². The van der Waals surface area contributed by atoms with Crippen LogP contribution in [0, 0.1) is 13.8 Å². The number of rotatable bonds is 9. The van der Waals surface area contributed by atoms with E-state index in [9.17, 15) is 4.79 Å². The van der Waals surface area contributed by atoms with E-state index in [0.29, 0.717) is 13.2 Å². The highest BCUT2D eigenvalue weighted by atomic mass is 31.1. The van der Waals surface area contributed by atoms with Gasteiger partial charge in [-0.15, -0.1) is 0 Å². The number of aryl methyl sites for hydroxylation is 2. The molecule has 0 amide bonds. The summed E-state index contributed by atoms with van der Waals surface area (Å²) in [5, 5.41) is 0.935. The van der Waals surface area contributed by atoms with Gasteiger partial charge in [-0.3, -0.25) is 4.79 Å². The summed E-state index contributed by atoms with van der Waals surface area (Å²) in [7, 11) is 0.0378. The largest absolute Gasteiger partial charge is 0.493 e. The van der Waals surface area contributed by atoms with Crippen molar-refractivity contribution in [3.8, 4) is 11.5 Å². The smallest absolute Gasteiger partial charge is 0.186 e. The fourth-order valence-electron chi connectivity index (χ4n) is 2.60. The Morgan fingerprint density at radius 3 is 2.24 bits per heavy atom. The van der Waals surface area contributed by atoms with E-state index >= 15 is 0 Å². The summed E-state index contributed by atoms with van der Waals surface area (Å²) in [5.74, 6) is 1.55. The number of ether oxygens (including phenoxy) is 2. The first-order chi connectivity index (χ1) is 12.1. The van der Waals surface area contributed by atoms with Gasteiger partial charge in [0.25, 0.3) is 0 Å². The van der Waals surface area contributed by atoms with Gasteiger partial charge in [0, 0.05) is 16.9 Å². The van der Waals surface area contributed by atoms with Crippen molar-refractivity contribution in [1.82, 2.24) is 0 Å². The third kappa shape index (κ3) is 5.31. The fraction of sp³-hybridized carbons (Fsp3) is 0.381. The topological polar surface area (TPSA) is 35.5 Å². The van der Waals surface area contributed by atoms with Crippen molar-refractivity contribution in [3.63, 3.8) is 0 Å². The molecule has 0 fully saturated rings. The van der Waals surface area contributed by atoms with Crippen LogP contribution in [0.2, 0.25) is 0 Å². The van der Waals surface area contributed by atoms with Crippen LogP contribution in [0.25, 0.3) is 0 Å². The van der Waals surface area contributed by atoms with Crippen LogP contribution in [-0.2, 0) is 0 Å². The van der Waals surface area contributed by atoms with Crippen molar-refractivity contribution in [1.29, 1.82) is 0 Å². The van der Waals surface area contributed by atoms with Gasteiger partial charge in [0.15, 0.2) is 5.52 Å². The predicted molar refractivity (Wildman–Crippen MR) is 106 cm³/mol. The molecule has 0 aliphatic carbocycles. The maximum absolute atomic E-state index is 12.9.